The first-order chi connectivity index (χ1) is 10.3. The van der Waals surface area contributed by atoms with Crippen molar-refractivity contribution in [2.24, 2.45) is 5.41 Å². The molecule has 0 fully saturated rings. The summed E-state index contributed by atoms with van der Waals surface area (Å²) in [5, 5.41) is 12.1. The summed E-state index contributed by atoms with van der Waals surface area (Å²) >= 11 is 0. The summed E-state index contributed by atoms with van der Waals surface area (Å²) in [5.41, 5.74) is 3.75. The molecule has 23 heavy (non-hydrogen) atoms. The number of aliphatic hydroxyl groups excluding tert-OH is 1. The first-order valence-electron chi connectivity index (χ1n) is 8.60. The Kier molecular flexibility index (Phi) is 6.49. The van der Waals surface area contributed by atoms with Crippen LogP contribution in [-0.4, -0.2) is 27.4 Å². The molecular weight excluding hydrogens is 312 g/mol. The van der Waals surface area contributed by atoms with Crippen molar-refractivity contribution >= 4 is 21.3 Å². The molecule has 1 aromatic carbocycles. The van der Waals surface area contributed by atoms with Gasteiger partial charge in [-0.15, -0.1) is 11.5 Å². The average molecular weight is 347 g/mol. The van der Waals surface area contributed by atoms with Gasteiger partial charge in [-0.2, -0.15) is 0 Å². The summed E-state index contributed by atoms with van der Waals surface area (Å²) in [5.74, 6) is 3.61. The van der Waals surface area contributed by atoms with Gasteiger partial charge in [0.2, 0.25) is 0 Å². The molecular formula is C20H34OSi2. The third-order valence-electron chi connectivity index (χ3n) is 4.47. The first kappa shape index (κ1) is 20.2. The largest absolute Gasteiger partial charge is 0.393 e. The van der Waals surface area contributed by atoms with Crippen molar-refractivity contribution in [3.8, 4) is 11.5 Å². The van der Waals surface area contributed by atoms with E-state index in [2.05, 4.69) is 95.3 Å². The molecule has 0 aromatic heterocycles. The molecule has 2 atom stereocenters. The smallest absolute Gasteiger partial charge is 0.129 e. The van der Waals surface area contributed by atoms with E-state index in [1.807, 2.05) is 0 Å². The number of rotatable bonds is 4. The molecule has 128 valence electrons. The van der Waals surface area contributed by atoms with Crippen molar-refractivity contribution in [1.29, 1.82) is 0 Å². The van der Waals surface area contributed by atoms with Crippen LogP contribution in [0.25, 0.3) is 0 Å². The predicted octanol–water partition coefficient (Wildman–Crippen LogP) is 4.65. The molecule has 1 N–H and O–H groups in total. The van der Waals surface area contributed by atoms with Crippen LogP contribution in [0.4, 0.5) is 0 Å². The summed E-state index contributed by atoms with van der Waals surface area (Å²) in [6.45, 7) is 18.0. The lowest BCUT2D eigenvalue weighted by atomic mass is 9.86. The van der Waals surface area contributed by atoms with Crippen molar-refractivity contribution in [3.05, 3.63) is 30.3 Å². The van der Waals surface area contributed by atoms with Gasteiger partial charge in [-0.3, -0.25) is 0 Å². The average Bonchev–Trinajstić information content (AvgIpc) is 2.41. The Hall–Kier alpha value is -0.826. The normalized spacial score (nSPS) is 15.5. The van der Waals surface area contributed by atoms with Gasteiger partial charge in [0.1, 0.15) is 8.07 Å². The van der Waals surface area contributed by atoms with Crippen LogP contribution in [0.5, 0.6) is 0 Å². The van der Waals surface area contributed by atoms with Gasteiger partial charge >= 0.3 is 0 Å². The second-order valence-corrected chi connectivity index (χ2v) is 18.7. The Balaban J connectivity index is 3.20. The van der Waals surface area contributed by atoms with Gasteiger partial charge in [-0.05, 0) is 11.8 Å². The third-order valence-corrected chi connectivity index (χ3v) is 9.31. The molecule has 0 saturated carbocycles. The van der Waals surface area contributed by atoms with Crippen LogP contribution in [0.2, 0.25) is 38.3 Å². The van der Waals surface area contributed by atoms with Crippen molar-refractivity contribution in [2.45, 2.75) is 71.6 Å². The van der Waals surface area contributed by atoms with Crippen LogP contribution < -0.4 is 5.19 Å². The van der Waals surface area contributed by atoms with Gasteiger partial charge < -0.3 is 5.11 Å². The SMILES string of the molecule is CC(C)(C)[C@@H](O)C[C@H](C#C[Si](C)(C)C)[Si](C)(C)c1ccccc1. The Labute approximate surface area is 145 Å². The predicted molar refractivity (Wildman–Crippen MR) is 109 cm³/mol. The lowest BCUT2D eigenvalue weighted by Gasteiger charge is -2.35. The van der Waals surface area contributed by atoms with Crippen LogP contribution in [0.15, 0.2) is 30.3 Å². The first-order valence-corrected chi connectivity index (χ1v) is 15.2. The highest BCUT2D eigenvalue weighted by Gasteiger charge is 2.36. The zero-order valence-electron chi connectivity index (χ0n) is 16.2. The van der Waals surface area contributed by atoms with Crippen molar-refractivity contribution in [3.63, 3.8) is 0 Å². The van der Waals surface area contributed by atoms with E-state index in [0.717, 1.165) is 6.42 Å². The Morgan fingerprint density at radius 3 is 1.96 bits per heavy atom. The molecule has 1 nitrogen and oxygen atoms in total. The second-order valence-electron chi connectivity index (χ2n) is 9.28. The Morgan fingerprint density at radius 2 is 1.52 bits per heavy atom. The number of hydrogen-bond donors (Lipinski definition) is 1. The highest BCUT2D eigenvalue weighted by Crippen LogP contribution is 2.32. The third kappa shape index (κ3) is 6.29. The Bertz CT molecular complexity index is 553. The highest BCUT2D eigenvalue weighted by atomic mass is 28.3. The zero-order chi connectivity index (χ0) is 17.9. The highest BCUT2D eigenvalue weighted by molar-refractivity contribution is 6.91. The van der Waals surface area contributed by atoms with Crippen LogP contribution in [-0.2, 0) is 0 Å². The van der Waals surface area contributed by atoms with Crippen molar-refractivity contribution in [1.82, 2.24) is 0 Å². The molecule has 0 amide bonds. The standard InChI is InChI=1S/C20H34OSi2/c1-20(2,3)19(21)16-18(14-15-22(4,5)6)23(7,8)17-12-10-9-11-13-17/h9-13,18-19,21H,16H2,1-8H3/t18-,19-/m0/s1. The zero-order valence-corrected chi connectivity index (χ0v) is 18.2. The van der Waals surface area contributed by atoms with Crippen LogP contribution in [0.3, 0.4) is 0 Å². The van der Waals surface area contributed by atoms with E-state index in [-0.39, 0.29) is 17.1 Å². The van der Waals surface area contributed by atoms with E-state index in [1.165, 1.54) is 5.19 Å². The summed E-state index contributed by atoms with van der Waals surface area (Å²) in [7, 11) is -3.18. The molecule has 0 radical (unpaired) electrons. The maximum atomic E-state index is 10.7. The molecule has 0 bridgehead atoms. The number of aliphatic hydroxyl groups is 1. The van der Waals surface area contributed by atoms with Crippen molar-refractivity contribution in [2.75, 3.05) is 0 Å². The van der Waals surface area contributed by atoms with E-state index < -0.39 is 16.1 Å². The van der Waals surface area contributed by atoms with Gasteiger partial charge in [0, 0.05) is 5.54 Å². The van der Waals surface area contributed by atoms with E-state index >= 15 is 0 Å². The van der Waals surface area contributed by atoms with Gasteiger partial charge in [0.25, 0.3) is 0 Å². The lowest BCUT2D eigenvalue weighted by Crippen LogP contribution is -2.47. The number of benzene rings is 1. The number of hydrogen-bond acceptors (Lipinski definition) is 1. The van der Waals surface area contributed by atoms with Gasteiger partial charge in [0.15, 0.2) is 0 Å². The topological polar surface area (TPSA) is 20.2 Å². The minimum atomic E-state index is -1.76. The van der Waals surface area contributed by atoms with E-state index in [0.29, 0.717) is 0 Å². The minimum Gasteiger partial charge on any atom is -0.393 e. The van der Waals surface area contributed by atoms with Gasteiger partial charge in [0.05, 0.1) is 14.2 Å². The fourth-order valence-corrected chi connectivity index (χ4v) is 5.93. The molecule has 0 aliphatic carbocycles. The molecule has 0 unspecified atom stereocenters. The molecule has 0 saturated heterocycles. The van der Waals surface area contributed by atoms with Gasteiger partial charge in [-0.1, -0.05) is 89.0 Å². The maximum absolute atomic E-state index is 10.7. The minimum absolute atomic E-state index is 0.0970. The molecule has 0 spiro atoms. The second kappa shape index (κ2) is 7.38. The van der Waals surface area contributed by atoms with Gasteiger partial charge in [-0.25, -0.2) is 0 Å². The lowest BCUT2D eigenvalue weighted by molar-refractivity contribution is 0.0567. The molecule has 1 aromatic rings. The summed E-state index contributed by atoms with van der Waals surface area (Å²) in [6, 6.07) is 10.8. The molecule has 0 aliphatic rings. The summed E-state index contributed by atoms with van der Waals surface area (Å²) in [6.07, 6.45) is 0.452. The van der Waals surface area contributed by atoms with E-state index in [9.17, 15) is 5.11 Å². The van der Waals surface area contributed by atoms with E-state index in [1.54, 1.807) is 0 Å². The molecule has 1 rings (SSSR count). The monoisotopic (exact) mass is 346 g/mol. The van der Waals surface area contributed by atoms with Crippen LogP contribution >= 0.6 is 0 Å². The molecule has 3 heteroatoms. The molecule has 0 aliphatic heterocycles. The van der Waals surface area contributed by atoms with E-state index in [4.69, 9.17) is 0 Å². The Morgan fingerprint density at radius 1 is 1.00 bits per heavy atom. The summed E-state index contributed by atoms with van der Waals surface area (Å²) in [4.78, 5) is 0. The summed E-state index contributed by atoms with van der Waals surface area (Å²) < 4.78 is 0. The fourth-order valence-electron chi connectivity index (χ4n) is 2.48. The van der Waals surface area contributed by atoms with Crippen molar-refractivity contribution < 1.29 is 5.11 Å². The maximum Gasteiger partial charge on any atom is 0.129 e. The molecule has 0 heterocycles. The van der Waals surface area contributed by atoms with Crippen LogP contribution in [0.1, 0.15) is 27.2 Å². The van der Waals surface area contributed by atoms with Crippen LogP contribution in [0, 0.1) is 16.9 Å². The fraction of sp³-hybridized carbons (Fsp3) is 0.600. The quantitative estimate of drug-likeness (QED) is 0.621.